The standard InChI is InChI=1S/C23H30N4O3.HI/c1-16(2)11-22(28)27-18-8-6-7-17(12-18)13-25-23(24-3)26-14-19-15-29-20-9-4-5-10-21(20)30-19;/h4-10,12,16,19H,11,13-15H2,1-3H3,(H,27,28)(H2,24,25,26);1H. The molecule has 0 aromatic heterocycles. The minimum absolute atomic E-state index is 0. The highest BCUT2D eigenvalue weighted by Gasteiger charge is 2.20. The number of guanidine groups is 1. The number of carbonyl (C=O) groups excluding carboxylic acids is 1. The van der Waals surface area contributed by atoms with Crippen LogP contribution in [-0.2, 0) is 11.3 Å². The molecule has 0 bridgehead atoms. The topological polar surface area (TPSA) is 84.0 Å². The zero-order valence-electron chi connectivity index (χ0n) is 18.2. The molecule has 3 rings (SSSR count). The molecule has 0 saturated heterocycles. The van der Waals surface area contributed by atoms with Crippen molar-refractivity contribution < 1.29 is 14.3 Å². The molecule has 168 valence electrons. The van der Waals surface area contributed by atoms with Crippen LogP contribution in [0.2, 0.25) is 0 Å². The third-order valence-electron chi connectivity index (χ3n) is 4.55. The maximum Gasteiger partial charge on any atom is 0.224 e. The van der Waals surface area contributed by atoms with Crippen LogP contribution in [0.1, 0.15) is 25.8 Å². The second kappa shape index (κ2) is 12.4. The molecule has 0 spiro atoms. The third kappa shape index (κ3) is 7.93. The summed E-state index contributed by atoms with van der Waals surface area (Å²) in [6, 6.07) is 15.5. The van der Waals surface area contributed by atoms with Crippen molar-refractivity contribution in [3.63, 3.8) is 0 Å². The van der Waals surface area contributed by atoms with Crippen LogP contribution in [0.15, 0.2) is 53.5 Å². The van der Waals surface area contributed by atoms with Gasteiger partial charge in [0.25, 0.3) is 0 Å². The number of nitrogens with zero attached hydrogens (tertiary/aromatic N) is 1. The van der Waals surface area contributed by atoms with Crippen LogP contribution in [0.4, 0.5) is 5.69 Å². The normalized spacial score (nSPS) is 15.1. The number of rotatable bonds is 7. The number of carbonyl (C=O) groups is 1. The van der Waals surface area contributed by atoms with E-state index in [9.17, 15) is 4.79 Å². The zero-order valence-corrected chi connectivity index (χ0v) is 20.5. The SMILES string of the molecule is CN=C(NCc1cccc(NC(=O)CC(C)C)c1)NCC1COc2ccccc2O1.I. The van der Waals surface area contributed by atoms with Gasteiger partial charge in [0.15, 0.2) is 17.5 Å². The maximum atomic E-state index is 12.0. The second-order valence-corrected chi connectivity index (χ2v) is 7.65. The lowest BCUT2D eigenvalue weighted by Gasteiger charge is -2.27. The van der Waals surface area contributed by atoms with Crippen LogP contribution in [-0.4, -0.2) is 38.2 Å². The molecule has 1 aliphatic heterocycles. The van der Waals surface area contributed by atoms with Crippen molar-refractivity contribution in [3.05, 3.63) is 54.1 Å². The van der Waals surface area contributed by atoms with E-state index in [1.165, 1.54) is 0 Å². The Morgan fingerprint density at radius 3 is 2.65 bits per heavy atom. The Hall–Kier alpha value is -2.49. The van der Waals surface area contributed by atoms with Crippen molar-refractivity contribution in [1.82, 2.24) is 10.6 Å². The number of amides is 1. The zero-order chi connectivity index (χ0) is 21.3. The van der Waals surface area contributed by atoms with Gasteiger partial charge in [-0.1, -0.05) is 38.1 Å². The summed E-state index contributed by atoms with van der Waals surface area (Å²) in [5.74, 6) is 2.57. The first-order chi connectivity index (χ1) is 14.5. The molecular weight excluding hydrogens is 507 g/mol. The molecule has 2 aromatic rings. The number of hydrogen-bond donors (Lipinski definition) is 3. The first kappa shape index (κ1) is 24.8. The van der Waals surface area contributed by atoms with Crippen LogP contribution in [0, 0.1) is 5.92 Å². The molecule has 7 nitrogen and oxygen atoms in total. The van der Waals surface area contributed by atoms with Gasteiger partial charge in [-0.15, -0.1) is 24.0 Å². The van der Waals surface area contributed by atoms with Gasteiger partial charge in [0, 0.05) is 25.7 Å². The van der Waals surface area contributed by atoms with Gasteiger partial charge >= 0.3 is 0 Å². The number of anilines is 1. The Kier molecular flexibility index (Phi) is 9.90. The van der Waals surface area contributed by atoms with Gasteiger partial charge in [0.1, 0.15) is 12.7 Å². The summed E-state index contributed by atoms with van der Waals surface area (Å²) in [6.07, 6.45) is 0.411. The fraction of sp³-hybridized carbons (Fsp3) is 0.391. The number of ether oxygens (including phenoxy) is 2. The van der Waals surface area contributed by atoms with E-state index in [2.05, 4.69) is 20.9 Å². The number of halogens is 1. The average molecular weight is 538 g/mol. The molecule has 1 heterocycles. The van der Waals surface area contributed by atoms with Crippen LogP contribution in [0.3, 0.4) is 0 Å². The molecule has 0 saturated carbocycles. The molecule has 0 aliphatic carbocycles. The fourth-order valence-corrected chi connectivity index (χ4v) is 3.12. The van der Waals surface area contributed by atoms with Crippen molar-refractivity contribution in [1.29, 1.82) is 0 Å². The number of fused-ring (bicyclic) bond motifs is 1. The van der Waals surface area contributed by atoms with Crippen LogP contribution >= 0.6 is 24.0 Å². The van der Waals surface area contributed by atoms with Gasteiger partial charge in [-0.25, -0.2) is 0 Å². The van der Waals surface area contributed by atoms with E-state index >= 15 is 0 Å². The predicted octanol–water partition coefficient (Wildman–Crippen LogP) is 3.79. The van der Waals surface area contributed by atoms with E-state index < -0.39 is 0 Å². The Morgan fingerprint density at radius 2 is 1.90 bits per heavy atom. The summed E-state index contributed by atoms with van der Waals surface area (Å²) in [4.78, 5) is 16.2. The van der Waals surface area contributed by atoms with Crippen molar-refractivity contribution in [2.45, 2.75) is 32.9 Å². The van der Waals surface area contributed by atoms with Gasteiger partial charge in [-0.3, -0.25) is 9.79 Å². The molecule has 8 heteroatoms. The molecule has 3 N–H and O–H groups in total. The quantitative estimate of drug-likeness (QED) is 0.284. The van der Waals surface area contributed by atoms with Gasteiger partial charge < -0.3 is 25.4 Å². The molecular formula is C23H31IN4O3. The highest BCUT2D eigenvalue weighted by atomic mass is 127. The summed E-state index contributed by atoms with van der Waals surface area (Å²) in [5, 5.41) is 9.51. The molecule has 31 heavy (non-hydrogen) atoms. The molecule has 1 aliphatic rings. The van der Waals surface area contributed by atoms with E-state index in [4.69, 9.17) is 9.47 Å². The summed E-state index contributed by atoms with van der Waals surface area (Å²) < 4.78 is 11.7. The van der Waals surface area contributed by atoms with Crippen molar-refractivity contribution in [2.24, 2.45) is 10.9 Å². The number of nitrogens with one attached hydrogen (secondary N) is 3. The Bertz CT molecular complexity index is 889. The molecule has 2 aromatic carbocycles. The van der Waals surface area contributed by atoms with Crippen molar-refractivity contribution in [3.8, 4) is 11.5 Å². The minimum Gasteiger partial charge on any atom is -0.486 e. The Morgan fingerprint density at radius 1 is 1.13 bits per heavy atom. The van der Waals surface area contributed by atoms with Crippen LogP contribution in [0.5, 0.6) is 11.5 Å². The fourth-order valence-electron chi connectivity index (χ4n) is 3.12. The van der Waals surface area contributed by atoms with Gasteiger partial charge in [-0.05, 0) is 35.7 Å². The van der Waals surface area contributed by atoms with E-state index in [1.807, 2.05) is 62.4 Å². The number of benzene rings is 2. The lowest BCUT2D eigenvalue weighted by Crippen LogP contribution is -2.45. The summed E-state index contributed by atoms with van der Waals surface area (Å²) in [5.41, 5.74) is 1.85. The molecule has 1 atom stereocenters. The first-order valence-electron chi connectivity index (χ1n) is 10.2. The third-order valence-corrected chi connectivity index (χ3v) is 4.55. The second-order valence-electron chi connectivity index (χ2n) is 7.65. The molecule has 0 radical (unpaired) electrons. The summed E-state index contributed by atoms with van der Waals surface area (Å²) in [7, 11) is 1.73. The average Bonchev–Trinajstić information content (AvgIpc) is 2.73. The Labute approximate surface area is 201 Å². The van der Waals surface area contributed by atoms with E-state index in [1.54, 1.807) is 7.05 Å². The van der Waals surface area contributed by atoms with Gasteiger partial charge in [0.05, 0.1) is 6.54 Å². The molecule has 1 unspecified atom stereocenters. The lowest BCUT2D eigenvalue weighted by molar-refractivity contribution is -0.116. The van der Waals surface area contributed by atoms with Gasteiger partial charge in [0.2, 0.25) is 5.91 Å². The van der Waals surface area contributed by atoms with E-state index in [-0.39, 0.29) is 36.0 Å². The highest BCUT2D eigenvalue weighted by molar-refractivity contribution is 14.0. The van der Waals surface area contributed by atoms with Crippen molar-refractivity contribution >= 4 is 41.5 Å². The van der Waals surface area contributed by atoms with Crippen LogP contribution < -0.4 is 25.4 Å². The molecule has 0 fully saturated rings. The van der Waals surface area contributed by atoms with Crippen molar-refractivity contribution in [2.75, 3.05) is 25.5 Å². The monoisotopic (exact) mass is 538 g/mol. The van der Waals surface area contributed by atoms with E-state index in [0.29, 0.717) is 38.0 Å². The highest BCUT2D eigenvalue weighted by Crippen LogP contribution is 2.30. The number of aliphatic imine (C=N–C) groups is 1. The van der Waals surface area contributed by atoms with Crippen LogP contribution in [0.25, 0.3) is 0 Å². The summed E-state index contributed by atoms with van der Waals surface area (Å²) >= 11 is 0. The van der Waals surface area contributed by atoms with E-state index in [0.717, 1.165) is 22.7 Å². The number of hydrogen-bond acceptors (Lipinski definition) is 4. The Balaban J connectivity index is 0.00000341. The molecule has 1 amide bonds. The largest absolute Gasteiger partial charge is 0.486 e. The minimum atomic E-state index is -0.0991. The van der Waals surface area contributed by atoms with Gasteiger partial charge in [-0.2, -0.15) is 0 Å². The number of para-hydroxylation sites is 2. The maximum absolute atomic E-state index is 12.0. The predicted molar refractivity (Wildman–Crippen MR) is 134 cm³/mol. The smallest absolute Gasteiger partial charge is 0.224 e. The summed E-state index contributed by atoms with van der Waals surface area (Å²) in [6.45, 7) is 5.69. The lowest BCUT2D eigenvalue weighted by atomic mass is 10.1. The first-order valence-corrected chi connectivity index (χ1v) is 10.2.